The van der Waals surface area contributed by atoms with Crippen molar-refractivity contribution in [3.8, 4) is 0 Å². The van der Waals surface area contributed by atoms with Crippen LogP contribution in [0.4, 0.5) is 5.69 Å². The van der Waals surface area contributed by atoms with Gasteiger partial charge < -0.3 is 15.0 Å². The monoisotopic (exact) mass is 545 g/mol. The number of nitrogens with zero attached hydrogens (tertiary/aromatic N) is 2. The number of hydrogen-bond acceptors (Lipinski definition) is 5. The van der Waals surface area contributed by atoms with Gasteiger partial charge in [-0.1, -0.05) is 46.3 Å². The molecule has 2 N–H and O–H groups in total. The highest BCUT2D eigenvalue weighted by molar-refractivity contribution is 9.10. The molecule has 1 aromatic heterocycles. The molecule has 2 heterocycles. The summed E-state index contributed by atoms with van der Waals surface area (Å²) in [4.78, 5) is 41.7. The number of benzene rings is 3. The first-order chi connectivity index (χ1) is 17.3. The number of nitro groups is 1. The Hall–Kier alpha value is -4.24. The molecule has 0 aliphatic carbocycles. The van der Waals surface area contributed by atoms with E-state index in [2.05, 4.69) is 20.9 Å². The summed E-state index contributed by atoms with van der Waals surface area (Å²) in [6.07, 6.45) is 2.35. The standard InChI is InChI=1S/C27H20BrN3O5/c28-19-9-5-17(6-10-19)25(32)23-24(16-7-11-20(12-8-16)31(35)36)30(27(34)26(23)33)14-13-18-15-29-22-4-2-1-3-21(18)22/h1-12,15,24,29,32H,13-14H2/t24-/m1/s1. The third kappa shape index (κ3) is 4.18. The van der Waals surface area contributed by atoms with Gasteiger partial charge in [-0.15, -0.1) is 0 Å². The Balaban J connectivity index is 1.57. The fraction of sp³-hybridized carbons (Fsp3) is 0.111. The molecule has 0 spiro atoms. The van der Waals surface area contributed by atoms with Crippen molar-refractivity contribution in [1.82, 2.24) is 9.88 Å². The third-order valence-corrected chi connectivity index (χ3v) is 6.90. The molecule has 0 saturated carbocycles. The number of hydrogen-bond donors (Lipinski definition) is 2. The molecule has 180 valence electrons. The maximum Gasteiger partial charge on any atom is 0.295 e. The topological polar surface area (TPSA) is 117 Å². The second kappa shape index (κ2) is 9.43. The number of nitro benzene ring substituents is 1. The summed E-state index contributed by atoms with van der Waals surface area (Å²) in [5.41, 5.74) is 2.69. The molecule has 4 aromatic rings. The molecule has 1 saturated heterocycles. The van der Waals surface area contributed by atoms with Crippen LogP contribution in [0.1, 0.15) is 22.7 Å². The van der Waals surface area contributed by atoms with E-state index in [1.54, 1.807) is 24.3 Å². The molecule has 5 rings (SSSR count). The quantitative estimate of drug-likeness (QED) is 0.109. The molecule has 3 aromatic carbocycles. The smallest absolute Gasteiger partial charge is 0.295 e. The van der Waals surface area contributed by atoms with Crippen molar-refractivity contribution in [3.05, 3.63) is 116 Å². The molecular formula is C27H20BrN3O5. The summed E-state index contributed by atoms with van der Waals surface area (Å²) >= 11 is 3.35. The van der Waals surface area contributed by atoms with Crippen LogP contribution in [-0.2, 0) is 16.0 Å². The molecule has 1 fully saturated rings. The van der Waals surface area contributed by atoms with Gasteiger partial charge in [-0.2, -0.15) is 0 Å². The van der Waals surface area contributed by atoms with E-state index in [4.69, 9.17) is 0 Å². The summed E-state index contributed by atoms with van der Waals surface area (Å²) in [6, 6.07) is 19.3. The molecule has 1 aliphatic heterocycles. The van der Waals surface area contributed by atoms with Gasteiger partial charge in [-0.25, -0.2) is 0 Å². The zero-order valence-electron chi connectivity index (χ0n) is 18.8. The molecule has 1 aliphatic rings. The van der Waals surface area contributed by atoms with Crippen molar-refractivity contribution in [2.45, 2.75) is 12.5 Å². The number of para-hydroxylation sites is 1. The summed E-state index contributed by atoms with van der Waals surface area (Å²) in [7, 11) is 0. The van der Waals surface area contributed by atoms with Crippen molar-refractivity contribution in [2.24, 2.45) is 0 Å². The number of H-pyrrole nitrogens is 1. The lowest BCUT2D eigenvalue weighted by Crippen LogP contribution is -2.31. The van der Waals surface area contributed by atoms with Crippen LogP contribution in [0, 0.1) is 10.1 Å². The summed E-state index contributed by atoms with van der Waals surface area (Å²) in [5.74, 6) is -1.81. The first-order valence-corrected chi connectivity index (χ1v) is 12.0. The second-order valence-electron chi connectivity index (χ2n) is 8.46. The Labute approximate surface area is 214 Å². The van der Waals surface area contributed by atoms with E-state index in [-0.39, 0.29) is 23.6 Å². The van der Waals surface area contributed by atoms with Crippen LogP contribution in [0.3, 0.4) is 0 Å². The number of Topliss-reactive ketones (excluding diaryl/α,β-unsaturated/α-hetero) is 1. The number of aromatic amines is 1. The third-order valence-electron chi connectivity index (χ3n) is 6.37. The number of aliphatic hydroxyl groups excluding tert-OH is 1. The minimum atomic E-state index is -0.889. The van der Waals surface area contributed by atoms with Gasteiger partial charge in [0.15, 0.2) is 0 Å². The maximum absolute atomic E-state index is 13.2. The van der Waals surface area contributed by atoms with Gasteiger partial charge in [0.2, 0.25) is 0 Å². The van der Waals surface area contributed by atoms with Gasteiger partial charge in [0.25, 0.3) is 17.4 Å². The normalized spacial score (nSPS) is 17.1. The van der Waals surface area contributed by atoms with Crippen LogP contribution in [-0.4, -0.2) is 38.1 Å². The van der Waals surface area contributed by atoms with E-state index < -0.39 is 22.7 Å². The van der Waals surface area contributed by atoms with Crippen molar-refractivity contribution in [1.29, 1.82) is 0 Å². The van der Waals surface area contributed by atoms with Crippen LogP contribution in [0.5, 0.6) is 0 Å². The molecule has 36 heavy (non-hydrogen) atoms. The maximum atomic E-state index is 13.2. The highest BCUT2D eigenvalue weighted by Crippen LogP contribution is 2.40. The van der Waals surface area contributed by atoms with Crippen LogP contribution in [0.25, 0.3) is 16.7 Å². The average Bonchev–Trinajstić information content (AvgIpc) is 3.41. The van der Waals surface area contributed by atoms with E-state index in [9.17, 15) is 24.8 Å². The van der Waals surface area contributed by atoms with Crippen molar-refractivity contribution < 1.29 is 19.6 Å². The molecule has 1 amide bonds. The lowest BCUT2D eigenvalue weighted by molar-refractivity contribution is -0.384. The summed E-state index contributed by atoms with van der Waals surface area (Å²) < 4.78 is 0.796. The van der Waals surface area contributed by atoms with Crippen LogP contribution < -0.4 is 0 Å². The molecule has 0 unspecified atom stereocenters. The second-order valence-corrected chi connectivity index (χ2v) is 9.37. The van der Waals surface area contributed by atoms with E-state index in [1.165, 1.54) is 29.2 Å². The number of aromatic nitrogens is 1. The average molecular weight is 546 g/mol. The Morgan fingerprint density at radius 3 is 2.42 bits per heavy atom. The lowest BCUT2D eigenvalue weighted by atomic mass is 9.95. The summed E-state index contributed by atoms with van der Waals surface area (Å²) in [5, 5.41) is 23.3. The minimum absolute atomic E-state index is 0.0462. The minimum Gasteiger partial charge on any atom is -0.507 e. The molecule has 0 bridgehead atoms. The van der Waals surface area contributed by atoms with Gasteiger partial charge >= 0.3 is 0 Å². The number of nitrogens with one attached hydrogen (secondary N) is 1. The van der Waals surface area contributed by atoms with E-state index in [1.807, 2.05) is 30.5 Å². The number of fused-ring (bicyclic) bond motifs is 1. The summed E-state index contributed by atoms with van der Waals surface area (Å²) in [6.45, 7) is 0.213. The Morgan fingerprint density at radius 1 is 1.03 bits per heavy atom. The number of aliphatic hydroxyl groups is 1. The highest BCUT2D eigenvalue weighted by atomic mass is 79.9. The first kappa shape index (κ1) is 23.5. The first-order valence-electron chi connectivity index (χ1n) is 11.2. The number of rotatable bonds is 6. The Morgan fingerprint density at radius 2 is 1.72 bits per heavy atom. The fourth-order valence-corrected chi connectivity index (χ4v) is 4.84. The molecule has 8 nitrogen and oxygen atoms in total. The van der Waals surface area contributed by atoms with Crippen molar-refractivity contribution >= 4 is 50.0 Å². The van der Waals surface area contributed by atoms with Gasteiger partial charge in [0, 0.05) is 45.8 Å². The number of likely N-dealkylation sites (tertiary alicyclic amines) is 1. The van der Waals surface area contributed by atoms with Gasteiger partial charge in [0.05, 0.1) is 16.5 Å². The number of ketones is 1. The van der Waals surface area contributed by atoms with E-state index in [0.717, 1.165) is 20.9 Å². The number of carbonyl (C=O) groups is 2. The lowest BCUT2D eigenvalue weighted by Gasteiger charge is -2.25. The largest absolute Gasteiger partial charge is 0.507 e. The van der Waals surface area contributed by atoms with Gasteiger partial charge in [0.1, 0.15) is 5.76 Å². The predicted molar refractivity (Wildman–Crippen MR) is 138 cm³/mol. The number of amides is 1. The van der Waals surface area contributed by atoms with Crippen LogP contribution in [0.2, 0.25) is 0 Å². The molecule has 0 radical (unpaired) electrons. The van der Waals surface area contributed by atoms with E-state index in [0.29, 0.717) is 17.5 Å². The van der Waals surface area contributed by atoms with Crippen LogP contribution >= 0.6 is 15.9 Å². The van der Waals surface area contributed by atoms with Gasteiger partial charge in [-0.3, -0.25) is 19.7 Å². The Bertz CT molecular complexity index is 1520. The predicted octanol–water partition coefficient (Wildman–Crippen LogP) is 5.50. The van der Waals surface area contributed by atoms with Crippen molar-refractivity contribution in [3.63, 3.8) is 0 Å². The zero-order chi connectivity index (χ0) is 25.4. The molecule has 1 atom stereocenters. The fourth-order valence-electron chi connectivity index (χ4n) is 4.58. The highest BCUT2D eigenvalue weighted by Gasteiger charge is 2.46. The molecule has 9 heteroatoms. The van der Waals surface area contributed by atoms with Gasteiger partial charge in [-0.05, 0) is 47.9 Å². The number of non-ortho nitro benzene ring substituents is 1. The SMILES string of the molecule is O=C1C(=O)N(CCc2c[nH]c3ccccc23)[C@H](c2ccc([N+](=O)[O-])cc2)C1=C(O)c1ccc(Br)cc1. The van der Waals surface area contributed by atoms with E-state index >= 15 is 0 Å². The van der Waals surface area contributed by atoms with Crippen molar-refractivity contribution in [2.75, 3.05) is 6.54 Å². The number of carbonyl (C=O) groups excluding carboxylic acids is 2. The molecular weight excluding hydrogens is 526 g/mol. The Kier molecular flexibility index (Phi) is 6.15. The number of halogens is 1. The zero-order valence-corrected chi connectivity index (χ0v) is 20.4. The van der Waals surface area contributed by atoms with Crippen LogP contribution in [0.15, 0.2) is 89.0 Å².